The average molecular weight is 1870 g/mol. The lowest BCUT2D eigenvalue weighted by Crippen LogP contribution is -2.90. The molecule has 0 amide bonds. The molecule has 0 aromatic rings. The maximum Gasteiger partial charge on any atom is 0.358 e. The van der Waals surface area contributed by atoms with Gasteiger partial charge in [-0.1, -0.05) is 103 Å². The van der Waals surface area contributed by atoms with E-state index in [1.165, 1.54) is 6.55 Å². The summed E-state index contributed by atoms with van der Waals surface area (Å²) in [5.74, 6) is -4.35. The minimum absolute atomic E-state index is 0.0231. The van der Waals surface area contributed by atoms with Crippen molar-refractivity contribution < 1.29 is 0 Å². The summed E-state index contributed by atoms with van der Waals surface area (Å²) in [5, 5.41) is 0. The van der Waals surface area contributed by atoms with Crippen molar-refractivity contribution in [3.63, 3.8) is 0 Å². The van der Waals surface area contributed by atoms with Crippen LogP contribution in [0.25, 0.3) is 0 Å². The second-order valence-electron chi connectivity index (χ2n) is 19.7. The molecule has 0 fully saturated rings. The Balaban J connectivity index is -0.000000465. The molecular weight excluding hydrogens is 1800 g/mol. The van der Waals surface area contributed by atoms with Gasteiger partial charge < -0.3 is 0 Å². The predicted molar refractivity (Wildman–Crippen MR) is 418 cm³/mol. The summed E-state index contributed by atoms with van der Waals surface area (Å²) in [6.45, 7) is 39.2. The van der Waals surface area contributed by atoms with Crippen LogP contribution in [0, 0.1) is 0 Å². The molecule has 0 aromatic heterocycles. The molecular formula is C20H71Cl25Si24. The molecule has 0 aliphatic rings. The highest BCUT2D eigenvalue weighted by Crippen LogP contribution is 2.63. The first-order valence-corrected chi connectivity index (χ1v) is 125. The Kier molecular flexibility index (Phi) is 45.3. The van der Waals surface area contributed by atoms with Gasteiger partial charge in [0.05, 0.1) is 0 Å². The van der Waals surface area contributed by atoms with E-state index < -0.39 is 70.9 Å². The van der Waals surface area contributed by atoms with Crippen molar-refractivity contribution in [1.82, 2.24) is 0 Å². The number of hydrogen-bond acceptors (Lipinski definition) is 0. The quantitative estimate of drug-likeness (QED) is 0.0707. The van der Waals surface area contributed by atoms with Crippen LogP contribution in [0.15, 0.2) is 0 Å². The van der Waals surface area contributed by atoms with Crippen molar-refractivity contribution >= 4 is 447 Å². The highest BCUT2D eigenvalue weighted by atomic mass is 35.9. The van der Waals surface area contributed by atoms with Gasteiger partial charge in [-0.3, -0.25) is 0 Å². The van der Waals surface area contributed by atoms with E-state index in [1.54, 1.807) is 18.8 Å². The van der Waals surface area contributed by atoms with Gasteiger partial charge in [-0.2, -0.15) is 11.1 Å². The van der Waals surface area contributed by atoms with Crippen LogP contribution in [0.5, 0.6) is 0 Å². The summed E-state index contributed by atoms with van der Waals surface area (Å²) >= 11 is 159. The van der Waals surface area contributed by atoms with Crippen molar-refractivity contribution in [3.8, 4) is 0 Å². The molecule has 0 spiro atoms. The second kappa shape index (κ2) is 35.6. The smallest absolute Gasteiger partial charge is 0.168 e. The number of halogens is 25. The molecule has 8 atom stereocenters. The Labute approximate surface area is 565 Å². The van der Waals surface area contributed by atoms with E-state index in [0.717, 1.165) is 0 Å². The van der Waals surface area contributed by atoms with E-state index in [-0.39, 0.29) is 86.9 Å². The van der Waals surface area contributed by atoms with Crippen molar-refractivity contribution in [3.05, 3.63) is 0 Å². The molecule has 0 rings (SSSR count). The Bertz CT molecular complexity index is 1460. The normalized spacial score (nSPS) is 18.7. The highest BCUT2D eigenvalue weighted by Gasteiger charge is 2.91. The molecule has 0 aromatic carbocycles. The lowest BCUT2D eigenvalue weighted by molar-refractivity contribution is 1.66. The maximum absolute atomic E-state index is 7.21. The number of hydrogen-bond donors (Lipinski definition) is 0. The highest BCUT2D eigenvalue weighted by molar-refractivity contribution is 8.46. The third-order valence-corrected chi connectivity index (χ3v) is 448. The molecule has 0 bridgehead atoms. The van der Waals surface area contributed by atoms with Crippen LogP contribution in [0.4, 0.5) is 0 Å². The van der Waals surface area contributed by atoms with Gasteiger partial charge in [-0.25, -0.2) is 0 Å². The van der Waals surface area contributed by atoms with Gasteiger partial charge in [0.2, 0.25) is 12.6 Å². The first kappa shape index (κ1) is 87.9. The molecule has 69 heavy (non-hydrogen) atoms. The Morgan fingerprint density at radius 3 is 0.928 bits per heavy atom. The fourth-order valence-corrected chi connectivity index (χ4v) is 596. The zero-order chi connectivity index (χ0) is 57.3. The van der Waals surface area contributed by atoms with Gasteiger partial charge in [-0.15, -0.1) is 266 Å². The van der Waals surface area contributed by atoms with Gasteiger partial charge in [0, 0.05) is 99.3 Å². The minimum Gasteiger partial charge on any atom is -0.168 e. The summed E-state index contributed by atoms with van der Waals surface area (Å²) in [7, 11) is -0.726. The van der Waals surface area contributed by atoms with Gasteiger partial charge in [0.25, 0.3) is 35.8 Å². The number of rotatable bonds is 23. The van der Waals surface area contributed by atoms with E-state index in [2.05, 4.69) is 91.7 Å². The lowest BCUT2D eigenvalue weighted by Gasteiger charge is -2.52. The molecule has 0 saturated heterocycles. The van der Waals surface area contributed by atoms with Gasteiger partial charge in [0.15, 0.2) is 0 Å². The molecule has 0 N–H and O–H groups in total. The van der Waals surface area contributed by atoms with Crippen LogP contribution in [0.3, 0.4) is 0 Å². The SMILES string of the molecule is C[SiH2][SiH](C)[SiH](C)C.C[SiH2][SiH](C)[SiH](C)[SiH](C)[SiH](C[SiH](C)C[SiH](C)C)[SiH](C)[SiH](C)C.C[Si](Cl)(Cl)C[Si](Cl)(Cl)[Si](Cl)([Si](Cl)(Cl)[Si](C)(Cl)Cl)[Si](Cl)(Cl)[Si](Cl)(Cl)[Si](Cl)(Cl)[Si](Cl)(Cl)Cl.C[Si](Cl)(Cl)[Si](Cl)(Cl)[Si](Cl)(Cl)Cl. The molecule has 422 valence electrons. The zero-order valence-corrected chi connectivity index (χ0v) is 87.0. The van der Waals surface area contributed by atoms with Crippen LogP contribution in [0.2, 0.25) is 128 Å². The first-order valence-electron chi connectivity index (χ1n) is 22.0. The van der Waals surface area contributed by atoms with Crippen molar-refractivity contribution in [1.29, 1.82) is 0 Å². The summed E-state index contributed by atoms with van der Waals surface area (Å²) in [5.41, 5.74) is -23.6. The van der Waals surface area contributed by atoms with E-state index in [1.807, 2.05) is 5.67 Å². The first-order chi connectivity index (χ1) is 29.7. The predicted octanol–water partition coefficient (Wildman–Crippen LogP) is 15.7. The fraction of sp³-hybridized carbons (Fsp3) is 1.00. The van der Waals surface area contributed by atoms with Crippen molar-refractivity contribution in [2.45, 2.75) is 128 Å². The van der Waals surface area contributed by atoms with Crippen molar-refractivity contribution in [2.75, 3.05) is 0 Å². The Hall–Kier alpha value is 12.5. The molecule has 49 heteroatoms. The van der Waals surface area contributed by atoms with E-state index in [4.69, 9.17) is 277 Å². The van der Waals surface area contributed by atoms with Crippen LogP contribution < -0.4 is 0 Å². The van der Waals surface area contributed by atoms with Crippen LogP contribution >= 0.6 is 277 Å². The third-order valence-electron chi connectivity index (χ3n) is 12.6. The summed E-state index contributed by atoms with van der Waals surface area (Å²) in [6.07, 6.45) is -10.2. The monoisotopic (exact) mass is 1860 g/mol. The zero-order valence-electron chi connectivity index (χ0n) is 41.8. The second-order valence-corrected chi connectivity index (χ2v) is 273. The van der Waals surface area contributed by atoms with Crippen molar-refractivity contribution in [2.24, 2.45) is 0 Å². The molecule has 0 nitrogen and oxygen atoms in total. The van der Waals surface area contributed by atoms with Crippen LogP contribution in [-0.4, -0.2) is 170 Å². The topological polar surface area (TPSA) is 0 Å². The van der Waals surface area contributed by atoms with Crippen LogP contribution in [0.1, 0.15) is 0 Å². The molecule has 0 radical (unpaired) electrons. The van der Waals surface area contributed by atoms with Gasteiger partial charge >= 0.3 is 22.5 Å². The maximum atomic E-state index is 7.21. The summed E-state index contributed by atoms with van der Waals surface area (Å²) in [6, 6.07) is 0. The largest absolute Gasteiger partial charge is 0.358 e. The van der Waals surface area contributed by atoms with Gasteiger partial charge in [-0.05, 0) is 25.3 Å². The van der Waals surface area contributed by atoms with E-state index in [9.17, 15) is 0 Å². The standard InChI is InChI=1S/C12H44Si9.C4H16Si3.C3H8Cl18Si9.CH3Cl7Si3/c1-13-17(7)19(9)20(10)21(18(8)15(4)5)12-16(6)11-14(2)3;1-5-7(4)6(2)3;1-22(4,5)3-24(8,9)30(21,26(13,14)23(2,6)7)29(19,20)28(17,18)27(15,16)25(10,11)12;1-9(2,3)11(7,8)10(4,5)6/h14-21H,11-13H2,1-10H3;6-7H,5H2,1-4H3;3H2,1-2H3;1H3. The van der Waals surface area contributed by atoms with E-state index >= 15 is 0 Å². The van der Waals surface area contributed by atoms with Gasteiger partial charge in [0.1, 0.15) is 0 Å². The molecule has 8 unspecified atom stereocenters. The Morgan fingerprint density at radius 1 is 0.362 bits per heavy atom. The summed E-state index contributed by atoms with van der Waals surface area (Å²) < 4.78 is 0. The molecule has 0 aliphatic carbocycles. The minimum atomic E-state index is -4.45. The summed E-state index contributed by atoms with van der Waals surface area (Å²) in [4.78, 5) is 0. The molecule has 0 saturated carbocycles. The third kappa shape index (κ3) is 27.0. The fourth-order valence-electron chi connectivity index (χ4n) is 6.83. The molecule has 0 heterocycles. The molecule has 0 aliphatic heterocycles. The average Bonchev–Trinajstić information content (AvgIpc) is 3.12. The van der Waals surface area contributed by atoms with Crippen LogP contribution in [-0.2, 0) is 0 Å². The van der Waals surface area contributed by atoms with E-state index in [0.29, 0.717) is 18.1 Å². The Morgan fingerprint density at radius 2 is 0.710 bits per heavy atom. The lowest BCUT2D eigenvalue weighted by atomic mass is 11.8.